The van der Waals surface area contributed by atoms with E-state index in [9.17, 15) is 4.79 Å². The number of aromatic nitrogens is 2. The SMILES string of the molecule is CCCN(C)c1ncc(Br)c(N2CC[C@@H](Oc3ccc([C@H](C)NC(C)=O)cc3)C2)n1. The average molecular weight is 476 g/mol. The molecule has 0 saturated carbocycles. The molecule has 1 N–H and O–H groups in total. The lowest BCUT2D eigenvalue weighted by atomic mass is 10.1. The number of carbonyl (C=O) groups excluding carboxylic acids is 1. The molecule has 2 atom stereocenters. The fourth-order valence-corrected chi connectivity index (χ4v) is 4.06. The normalized spacial score (nSPS) is 17.0. The lowest BCUT2D eigenvalue weighted by molar-refractivity contribution is -0.119. The predicted octanol–water partition coefficient (Wildman–Crippen LogP) is 3.94. The maximum Gasteiger partial charge on any atom is 0.227 e. The molecule has 2 aromatic rings. The molecular weight excluding hydrogens is 446 g/mol. The van der Waals surface area contributed by atoms with Crippen molar-refractivity contribution < 1.29 is 9.53 Å². The van der Waals surface area contributed by atoms with Crippen molar-refractivity contribution in [1.29, 1.82) is 0 Å². The number of carbonyl (C=O) groups is 1. The van der Waals surface area contributed by atoms with Gasteiger partial charge in [-0.15, -0.1) is 0 Å². The van der Waals surface area contributed by atoms with Gasteiger partial charge in [0.1, 0.15) is 17.7 Å². The van der Waals surface area contributed by atoms with Gasteiger partial charge in [-0.1, -0.05) is 19.1 Å². The third-order valence-electron chi connectivity index (χ3n) is 5.16. The van der Waals surface area contributed by atoms with Crippen molar-refractivity contribution in [3.8, 4) is 5.75 Å². The van der Waals surface area contributed by atoms with Gasteiger partial charge in [0.2, 0.25) is 11.9 Å². The smallest absolute Gasteiger partial charge is 0.227 e. The molecule has 0 unspecified atom stereocenters. The number of anilines is 2. The van der Waals surface area contributed by atoms with E-state index in [0.29, 0.717) is 0 Å². The molecule has 1 aliphatic heterocycles. The van der Waals surface area contributed by atoms with Gasteiger partial charge in [-0.2, -0.15) is 4.98 Å². The van der Waals surface area contributed by atoms with E-state index in [4.69, 9.17) is 9.72 Å². The number of halogens is 1. The largest absolute Gasteiger partial charge is 0.489 e. The van der Waals surface area contributed by atoms with E-state index < -0.39 is 0 Å². The third-order valence-corrected chi connectivity index (χ3v) is 5.72. The van der Waals surface area contributed by atoms with Crippen molar-refractivity contribution in [2.45, 2.75) is 45.8 Å². The Kier molecular flexibility index (Phi) is 7.53. The maximum absolute atomic E-state index is 11.2. The molecule has 3 rings (SSSR count). The van der Waals surface area contributed by atoms with Gasteiger partial charge in [0, 0.05) is 39.7 Å². The standard InChI is InChI=1S/C22H30BrN5O2/c1-5-11-27(4)22-24-13-20(23)21(26-22)28-12-10-19(14-28)30-18-8-6-17(7-9-18)15(2)25-16(3)29/h6-9,13,15,19H,5,10-12,14H2,1-4H3,(H,25,29)/t15-,19+/m0/s1. The monoisotopic (exact) mass is 475 g/mol. The van der Waals surface area contributed by atoms with E-state index in [1.807, 2.05) is 44.4 Å². The first-order chi connectivity index (χ1) is 14.4. The highest BCUT2D eigenvalue weighted by Crippen LogP contribution is 2.29. The summed E-state index contributed by atoms with van der Waals surface area (Å²) in [6.45, 7) is 8.22. The number of hydrogen-bond acceptors (Lipinski definition) is 6. The van der Waals surface area contributed by atoms with Crippen molar-refractivity contribution in [2.75, 3.05) is 36.5 Å². The number of nitrogens with one attached hydrogen (secondary N) is 1. The number of benzene rings is 1. The summed E-state index contributed by atoms with van der Waals surface area (Å²) >= 11 is 3.60. The van der Waals surface area contributed by atoms with Crippen LogP contribution in [0.2, 0.25) is 0 Å². The van der Waals surface area contributed by atoms with Gasteiger partial charge in [-0.25, -0.2) is 4.98 Å². The van der Waals surface area contributed by atoms with Crippen LogP contribution in [0.3, 0.4) is 0 Å². The zero-order valence-corrected chi connectivity index (χ0v) is 19.6. The summed E-state index contributed by atoms with van der Waals surface area (Å²) < 4.78 is 7.10. The van der Waals surface area contributed by atoms with Crippen LogP contribution in [0.5, 0.6) is 5.75 Å². The van der Waals surface area contributed by atoms with Gasteiger partial charge >= 0.3 is 0 Å². The fraction of sp³-hybridized carbons (Fsp3) is 0.500. The van der Waals surface area contributed by atoms with Crippen LogP contribution >= 0.6 is 15.9 Å². The van der Waals surface area contributed by atoms with Crippen LogP contribution in [0.15, 0.2) is 34.9 Å². The number of nitrogens with zero attached hydrogens (tertiary/aromatic N) is 4. The first kappa shape index (κ1) is 22.3. The van der Waals surface area contributed by atoms with Gasteiger partial charge in [0.15, 0.2) is 0 Å². The van der Waals surface area contributed by atoms with Crippen molar-refractivity contribution in [3.63, 3.8) is 0 Å². The van der Waals surface area contributed by atoms with E-state index in [-0.39, 0.29) is 18.1 Å². The quantitative estimate of drug-likeness (QED) is 0.623. The predicted molar refractivity (Wildman–Crippen MR) is 123 cm³/mol. The summed E-state index contributed by atoms with van der Waals surface area (Å²) in [6.07, 6.45) is 3.91. The van der Waals surface area contributed by atoms with Crippen molar-refractivity contribution in [3.05, 3.63) is 40.5 Å². The highest BCUT2D eigenvalue weighted by Gasteiger charge is 2.27. The van der Waals surface area contributed by atoms with Gasteiger partial charge in [0.25, 0.3) is 0 Å². The van der Waals surface area contributed by atoms with Crippen LogP contribution in [-0.4, -0.2) is 48.7 Å². The van der Waals surface area contributed by atoms with E-state index in [1.165, 1.54) is 6.92 Å². The Balaban J connectivity index is 1.62. The van der Waals surface area contributed by atoms with Gasteiger partial charge in [-0.05, 0) is 47.0 Å². The molecular formula is C22H30BrN5O2. The van der Waals surface area contributed by atoms with Crippen molar-refractivity contribution >= 4 is 33.6 Å². The van der Waals surface area contributed by atoms with Crippen LogP contribution in [-0.2, 0) is 4.79 Å². The van der Waals surface area contributed by atoms with E-state index >= 15 is 0 Å². The number of ether oxygens (including phenoxy) is 1. The molecule has 0 radical (unpaired) electrons. The molecule has 30 heavy (non-hydrogen) atoms. The zero-order chi connectivity index (χ0) is 21.7. The first-order valence-electron chi connectivity index (χ1n) is 10.4. The zero-order valence-electron chi connectivity index (χ0n) is 18.1. The van der Waals surface area contributed by atoms with Crippen LogP contribution < -0.4 is 19.9 Å². The Hall–Kier alpha value is -2.35. The molecule has 162 valence electrons. The molecule has 1 aromatic carbocycles. The molecule has 2 heterocycles. The summed E-state index contributed by atoms with van der Waals surface area (Å²) in [7, 11) is 2.02. The maximum atomic E-state index is 11.2. The van der Waals surface area contributed by atoms with Crippen LogP contribution in [0.1, 0.15) is 45.2 Å². The highest BCUT2D eigenvalue weighted by molar-refractivity contribution is 9.10. The molecule has 1 aliphatic rings. The molecule has 7 nitrogen and oxygen atoms in total. The van der Waals surface area contributed by atoms with Crippen LogP contribution in [0.4, 0.5) is 11.8 Å². The van der Waals surface area contributed by atoms with E-state index in [0.717, 1.165) is 60.0 Å². The van der Waals surface area contributed by atoms with Crippen molar-refractivity contribution in [2.24, 2.45) is 0 Å². The second-order valence-corrected chi connectivity index (χ2v) is 8.58. The Morgan fingerprint density at radius 2 is 2.13 bits per heavy atom. The second kappa shape index (κ2) is 10.1. The summed E-state index contributed by atoms with van der Waals surface area (Å²) in [4.78, 5) is 24.8. The first-order valence-corrected chi connectivity index (χ1v) is 11.2. The minimum atomic E-state index is -0.0335. The number of hydrogen-bond donors (Lipinski definition) is 1. The molecule has 1 fully saturated rings. The van der Waals surface area contributed by atoms with Crippen LogP contribution in [0.25, 0.3) is 0 Å². The minimum absolute atomic E-state index is 0.0197. The van der Waals surface area contributed by atoms with Gasteiger partial charge in [0.05, 0.1) is 17.1 Å². The molecule has 0 aliphatic carbocycles. The fourth-order valence-electron chi connectivity index (χ4n) is 3.62. The Morgan fingerprint density at radius 3 is 2.80 bits per heavy atom. The van der Waals surface area contributed by atoms with Gasteiger partial charge in [-0.3, -0.25) is 4.79 Å². The summed E-state index contributed by atoms with van der Waals surface area (Å²) in [5.74, 6) is 2.45. The summed E-state index contributed by atoms with van der Waals surface area (Å²) in [5, 5.41) is 2.89. The topological polar surface area (TPSA) is 70.6 Å². The average Bonchev–Trinajstić information content (AvgIpc) is 3.16. The lowest BCUT2D eigenvalue weighted by Crippen LogP contribution is -2.27. The second-order valence-electron chi connectivity index (χ2n) is 7.73. The molecule has 1 saturated heterocycles. The number of amides is 1. The Labute approximate surface area is 187 Å². The molecule has 1 aromatic heterocycles. The van der Waals surface area contributed by atoms with E-state index in [2.05, 4.69) is 43.0 Å². The summed E-state index contributed by atoms with van der Waals surface area (Å²) in [5.41, 5.74) is 1.05. The lowest BCUT2D eigenvalue weighted by Gasteiger charge is -2.22. The summed E-state index contributed by atoms with van der Waals surface area (Å²) in [6, 6.07) is 7.91. The molecule has 0 spiro atoms. The highest BCUT2D eigenvalue weighted by atomic mass is 79.9. The van der Waals surface area contributed by atoms with Crippen molar-refractivity contribution in [1.82, 2.24) is 15.3 Å². The van der Waals surface area contributed by atoms with Crippen LogP contribution in [0, 0.1) is 0 Å². The van der Waals surface area contributed by atoms with Gasteiger partial charge < -0.3 is 19.9 Å². The molecule has 8 heteroatoms. The Morgan fingerprint density at radius 1 is 1.40 bits per heavy atom. The number of rotatable bonds is 8. The third kappa shape index (κ3) is 5.62. The van der Waals surface area contributed by atoms with E-state index in [1.54, 1.807) is 0 Å². The molecule has 0 bridgehead atoms. The molecule has 1 amide bonds. The minimum Gasteiger partial charge on any atom is -0.489 e. The Bertz CT molecular complexity index is 861.